The van der Waals surface area contributed by atoms with Gasteiger partial charge in [-0.2, -0.15) is 0 Å². The molecule has 0 bridgehead atoms. The molecule has 3 rings (SSSR count). The molecular weight excluding hydrogens is 378 g/mol. The molecule has 0 aromatic heterocycles. The van der Waals surface area contributed by atoms with E-state index < -0.39 is 4.92 Å². The molecule has 0 unspecified atom stereocenters. The van der Waals surface area contributed by atoms with Crippen LogP contribution in [0.4, 0.5) is 11.4 Å². The van der Waals surface area contributed by atoms with Gasteiger partial charge in [0.05, 0.1) is 4.92 Å². The highest BCUT2D eigenvalue weighted by Gasteiger charge is 2.24. The quantitative estimate of drug-likeness (QED) is 0.572. The Balaban J connectivity index is 1.66. The van der Waals surface area contributed by atoms with Gasteiger partial charge in [0.15, 0.2) is 0 Å². The first-order valence-corrected chi connectivity index (χ1v) is 9.88. The van der Waals surface area contributed by atoms with Crippen molar-refractivity contribution in [1.82, 2.24) is 5.32 Å². The van der Waals surface area contributed by atoms with Gasteiger partial charge in [-0.3, -0.25) is 14.9 Å². The Morgan fingerprint density at radius 2 is 1.89 bits per heavy atom. The highest BCUT2D eigenvalue weighted by molar-refractivity contribution is 6.30. The van der Waals surface area contributed by atoms with Crippen molar-refractivity contribution in [1.29, 1.82) is 0 Å². The molecule has 1 amide bonds. The number of nitrogens with one attached hydrogen (secondary N) is 1. The maximum Gasteiger partial charge on any atom is 0.293 e. The van der Waals surface area contributed by atoms with Crippen molar-refractivity contribution in [3.8, 4) is 0 Å². The van der Waals surface area contributed by atoms with E-state index in [1.165, 1.54) is 6.07 Å². The molecule has 1 fully saturated rings. The average Bonchev–Trinajstić information content (AvgIpc) is 2.69. The molecule has 0 saturated carbocycles. The number of hydrogen-bond acceptors (Lipinski definition) is 4. The number of anilines is 1. The minimum atomic E-state index is -0.405. The van der Waals surface area contributed by atoms with Crippen LogP contribution in [0.2, 0.25) is 5.02 Å². The normalized spacial score (nSPS) is 14.7. The third kappa shape index (κ3) is 5.01. The number of nitrogens with zero attached hydrogens (tertiary/aromatic N) is 2. The van der Waals surface area contributed by atoms with Crippen LogP contribution in [-0.2, 0) is 6.42 Å². The van der Waals surface area contributed by atoms with Gasteiger partial charge in [-0.1, -0.05) is 30.7 Å². The van der Waals surface area contributed by atoms with Crippen molar-refractivity contribution in [3.63, 3.8) is 0 Å². The number of amides is 1. The van der Waals surface area contributed by atoms with E-state index in [0.29, 0.717) is 35.2 Å². The number of halogens is 1. The van der Waals surface area contributed by atoms with Crippen LogP contribution in [0.15, 0.2) is 42.5 Å². The highest BCUT2D eigenvalue weighted by atomic mass is 35.5. The molecule has 0 spiro atoms. The van der Waals surface area contributed by atoms with Gasteiger partial charge in [0.25, 0.3) is 11.6 Å². The molecule has 1 heterocycles. The molecule has 1 aliphatic heterocycles. The Kier molecular flexibility index (Phi) is 6.52. The third-order valence-electron chi connectivity index (χ3n) is 5.17. The van der Waals surface area contributed by atoms with Crippen LogP contribution >= 0.6 is 11.6 Å². The summed E-state index contributed by atoms with van der Waals surface area (Å²) in [7, 11) is 0. The van der Waals surface area contributed by atoms with Crippen LogP contribution < -0.4 is 10.2 Å². The summed E-state index contributed by atoms with van der Waals surface area (Å²) in [5, 5.41) is 15.1. The third-order valence-corrected chi connectivity index (χ3v) is 5.42. The Hall–Kier alpha value is -2.60. The monoisotopic (exact) mass is 401 g/mol. The van der Waals surface area contributed by atoms with Crippen molar-refractivity contribution >= 4 is 28.9 Å². The number of carbonyl (C=O) groups is 1. The molecule has 6 nitrogen and oxygen atoms in total. The topological polar surface area (TPSA) is 75.5 Å². The first-order chi connectivity index (χ1) is 13.4. The molecule has 1 aliphatic rings. The Morgan fingerprint density at radius 3 is 2.54 bits per heavy atom. The highest BCUT2D eigenvalue weighted by Crippen LogP contribution is 2.32. The smallest absolute Gasteiger partial charge is 0.293 e. The van der Waals surface area contributed by atoms with Crippen LogP contribution in [0, 0.1) is 16.0 Å². The predicted octanol–water partition coefficient (Wildman–Crippen LogP) is 4.46. The van der Waals surface area contributed by atoms with E-state index in [4.69, 9.17) is 11.6 Å². The number of nitro benzene ring substituents is 1. The van der Waals surface area contributed by atoms with Gasteiger partial charge in [0.1, 0.15) is 5.69 Å². The van der Waals surface area contributed by atoms with E-state index in [1.54, 1.807) is 12.1 Å². The molecule has 28 heavy (non-hydrogen) atoms. The van der Waals surface area contributed by atoms with Crippen molar-refractivity contribution in [3.05, 3.63) is 68.7 Å². The lowest BCUT2D eigenvalue weighted by atomic mass is 9.98. The Bertz CT molecular complexity index is 846. The molecule has 2 aromatic carbocycles. The summed E-state index contributed by atoms with van der Waals surface area (Å²) in [5.41, 5.74) is 1.94. The number of piperidine rings is 1. The van der Waals surface area contributed by atoms with Crippen LogP contribution in [-0.4, -0.2) is 30.5 Å². The molecule has 7 heteroatoms. The fraction of sp³-hybridized carbons (Fsp3) is 0.381. The van der Waals surface area contributed by atoms with Crippen molar-refractivity contribution in [2.75, 3.05) is 24.5 Å². The van der Waals surface area contributed by atoms with E-state index in [2.05, 4.69) is 12.2 Å². The molecule has 0 atom stereocenters. The average molecular weight is 402 g/mol. The zero-order valence-electron chi connectivity index (χ0n) is 15.9. The number of benzene rings is 2. The second kappa shape index (κ2) is 9.06. The molecule has 1 saturated heterocycles. The minimum Gasteiger partial charge on any atom is -0.366 e. The Labute approximate surface area is 169 Å². The molecule has 0 radical (unpaired) electrons. The van der Waals surface area contributed by atoms with Gasteiger partial charge in [-0.25, -0.2) is 0 Å². The lowest BCUT2D eigenvalue weighted by Crippen LogP contribution is -2.33. The number of carbonyl (C=O) groups excluding carboxylic acids is 1. The van der Waals surface area contributed by atoms with Gasteiger partial charge in [-0.05, 0) is 55.0 Å². The lowest BCUT2D eigenvalue weighted by molar-refractivity contribution is -0.384. The fourth-order valence-corrected chi connectivity index (χ4v) is 3.53. The van der Waals surface area contributed by atoms with Gasteiger partial charge in [0, 0.05) is 36.3 Å². The number of nitro groups is 1. The largest absolute Gasteiger partial charge is 0.366 e. The van der Waals surface area contributed by atoms with Gasteiger partial charge in [0.2, 0.25) is 0 Å². The number of hydrogen-bond donors (Lipinski definition) is 1. The second-order valence-corrected chi connectivity index (χ2v) is 7.70. The van der Waals surface area contributed by atoms with Gasteiger partial charge < -0.3 is 10.2 Å². The molecular formula is C21H24ClN3O3. The SMILES string of the molecule is CC1CCN(c2ccc(C(=O)NCCc3ccc(Cl)cc3)cc2[N+](=O)[O-])CC1. The number of rotatable bonds is 6. The second-order valence-electron chi connectivity index (χ2n) is 7.26. The van der Waals surface area contributed by atoms with Crippen LogP contribution in [0.25, 0.3) is 0 Å². The minimum absolute atomic E-state index is 0.0140. The molecule has 1 N–H and O–H groups in total. The summed E-state index contributed by atoms with van der Waals surface area (Å²) in [5.74, 6) is 0.330. The summed E-state index contributed by atoms with van der Waals surface area (Å²) in [4.78, 5) is 25.6. The van der Waals surface area contributed by atoms with E-state index in [-0.39, 0.29) is 11.6 Å². The van der Waals surface area contributed by atoms with Crippen LogP contribution in [0.5, 0.6) is 0 Å². The summed E-state index contributed by atoms with van der Waals surface area (Å²) >= 11 is 5.86. The van der Waals surface area contributed by atoms with E-state index in [9.17, 15) is 14.9 Å². The molecule has 2 aromatic rings. The first-order valence-electron chi connectivity index (χ1n) is 9.50. The summed E-state index contributed by atoms with van der Waals surface area (Å²) in [6.07, 6.45) is 2.70. The summed E-state index contributed by atoms with van der Waals surface area (Å²) in [6, 6.07) is 12.2. The maximum absolute atomic E-state index is 12.4. The van der Waals surface area contributed by atoms with Crippen molar-refractivity contribution in [2.24, 2.45) is 5.92 Å². The Morgan fingerprint density at radius 1 is 1.21 bits per heavy atom. The van der Waals surface area contributed by atoms with E-state index in [1.807, 2.05) is 29.2 Å². The summed E-state index contributed by atoms with van der Waals surface area (Å²) < 4.78 is 0. The van der Waals surface area contributed by atoms with Crippen LogP contribution in [0.1, 0.15) is 35.7 Å². The molecule has 148 valence electrons. The van der Waals surface area contributed by atoms with Gasteiger partial charge >= 0.3 is 0 Å². The van der Waals surface area contributed by atoms with Crippen LogP contribution in [0.3, 0.4) is 0 Å². The maximum atomic E-state index is 12.4. The van der Waals surface area contributed by atoms with Crippen molar-refractivity contribution in [2.45, 2.75) is 26.2 Å². The van der Waals surface area contributed by atoms with Crippen molar-refractivity contribution < 1.29 is 9.72 Å². The van der Waals surface area contributed by atoms with E-state index in [0.717, 1.165) is 31.5 Å². The molecule has 0 aliphatic carbocycles. The fourth-order valence-electron chi connectivity index (χ4n) is 3.40. The zero-order valence-corrected chi connectivity index (χ0v) is 16.6. The first kappa shape index (κ1) is 20.1. The predicted molar refractivity (Wildman–Crippen MR) is 111 cm³/mol. The standard InChI is InChI=1S/C21H24ClN3O3/c1-15-9-12-24(13-10-15)19-7-4-17(14-20(19)25(27)28)21(26)23-11-8-16-2-5-18(22)6-3-16/h2-7,14-15H,8-13H2,1H3,(H,23,26). The zero-order chi connectivity index (χ0) is 20.1. The van der Waals surface area contributed by atoms with E-state index >= 15 is 0 Å². The lowest BCUT2D eigenvalue weighted by Gasteiger charge is -2.31. The van der Waals surface area contributed by atoms with Gasteiger partial charge in [-0.15, -0.1) is 0 Å². The summed E-state index contributed by atoms with van der Waals surface area (Å²) in [6.45, 7) is 4.24.